The van der Waals surface area contributed by atoms with Crippen LogP contribution in [-0.2, 0) is 137 Å². The van der Waals surface area contributed by atoms with Gasteiger partial charge in [0.2, 0.25) is 17.7 Å². The molecule has 1 unspecified atom stereocenters. The molecular weight excluding hydrogens is 1570 g/mol. The monoisotopic (exact) mass is 1730 g/mol. The van der Waals surface area contributed by atoms with Gasteiger partial charge in [-0.05, 0) is 44.9 Å². The van der Waals surface area contributed by atoms with Crippen LogP contribution in [0.1, 0.15) is 219 Å². The second-order valence-electron chi connectivity index (χ2n) is 31.0. The Morgan fingerprint density at radius 2 is 0.899 bits per heavy atom. The third-order valence-electron chi connectivity index (χ3n) is 23.0. The maximum absolute atomic E-state index is 15.5. The third-order valence-corrected chi connectivity index (χ3v) is 24.4. The maximum Gasteiger partial charge on any atom is 0.475 e. The molecular formula is C86H158N3O29P. The smallest absolute Gasteiger partial charge is 0.465 e. The lowest BCUT2D eigenvalue weighted by atomic mass is 9.83. The summed E-state index contributed by atoms with van der Waals surface area (Å²) in [6, 6.07) is -3.23. The molecule has 0 aromatic heterocycles. The van der Waals surface area contributed by atoms with Crippen molar-refractivity contribution in [2.45, 2.75) is 341 Å². The Morgan fingerprint density at radius 1 is 0.462 bits per heavy atom. The first-order chi connectivity index (χ1) is 57.6. The van der Waals surface area contributed by atoms with E-state index < -0.39 is 179 Å². The SMILES string of the molecule is CCCCCCCC/C=C/CCCCCCCCCCCCCC(=O)N[C@@H](COP(=O)(OC)O[C@H]1[C@H](OC)[C@@H](OC)[C@H](OC)[C@@H](O[C@]2(C(=O)OC)C[C@H](OC)[C@@H](NC(=O)CO[C@]3(C(=O)OC)C[C@H](OC)[C@@H](N(C)C(=O)COC)[C@H]([C@H](OC)[C@@H](COC)OC)O3)[C@H]([C@H](OC)[C@@H](COC)OC)O2)[C@H]1OC)[C@@H](/C=C/CCCCCCCCCCC)OC. The van der Waals surface area contributed by atoms with E-state index in [0.29, 0.717) is 6.42 Å². The number of nitrogens with zero attached hydrogens (tertiary/aromatic N) is 1. The Morgan fingerprint density at radius 3 is 1.34 bits per heavy atom. The van der Waals surface area contributed by atoms with Crippen LogP contribution in [0.3, 0.4) is 0 Å². The molecule has 2 saturated heterocycles. The second kappa shape index (κ2) is 63.2. The third kappa shape index (κ3) is 35.9. The molecule has 3 aliphatic rings. The average Bonchev–Trinajstić information content (AvgIpc) is 0.743. The summed E-state index contributed by atoms with van der Waals surface area (Å²) in [7, 11) is 19.5. The van der Waals surface area contributed by atoms with Crippen LogP contribution in [-0.4, -0.2) is 317 Å². The summed E-state index contributed by atoms with van der Waals surface area (Å²) in [6.07, 6.45) is 23.6. The fraction of sp³-hybridized carbons (Fsp3) is 0.895. The zero-order valence-electron chi connectivity index (χ0n) is 76.1. The standard InChI is InChI=1S/C86H158N3O29P/c1-21-23-25-27-29-31-33-34-35-36-37-38-39-40-41-42-44-46-48-50-52-54-68(90)87-62(63(99-7)53-51-49-47-45-43-32-30-28-26-24-22-2)57-114-119(95,112-20)118-82-79(108-16)77(106-14)78(107-15)81(80(82)109-17)117-86(84(94)111-19)55-64(100-8)71(75(115-86)73(104-12)66(102-10)58-96-4)88-69(91)60-113-85(83(93)110-18)56-65(101-9)72(89(3)70(92)61-98-6)76(116-85)74(105-13)67(103-11)59-97-5/h34-35,51,53,62-67,71-82H,21-33,36-50,52,54-61H2,1-20H3,(H,87,90)(H,88,91)/b35-34+,53-51+/t62-,63+,64-,65-,66+,67+,71+,72+,73+,74+,75+,76+,77-,78-,79+,80+,81+,82-,85+,86-,119?/m0/s1. The van der Waals surface area contributed by atoms with Crippen molar-refractivity contribution in [2.24, 2.45) is 0 Å². The highest BCUT2D eigenvalue weighted by Crippen LogP contribution is 2.53. The lowest BCUT2D eigenvalue weighted by Gasteiger charge is -2.53. The summed E-state index contributed by atoms with van der Waals surface area (Å²) in [6.45, 7) is 2.63. The van der Waals surface area contributed by atoms with Gasteiger partial charge in [0, 0.05) is 133 Å². The highest BCUT2D eigenvalue weighted by molar-refractivity contribution is 7.48. The van der Waals surface area contributed by atoms with Gasteiger partial charge in [0.05, 0.1) is 70.5 Å². The topological polar surface area (TPSA) is 342 Å². The molecule has 696 valence electrons. The minimum Gasteiger partial charge on any atom is -0.465 e. The highest BCUT2D eigenvalue weighted by atomic mass is 31.2. The number of carbonyl (C=O) groups excluding carboxylic acids is 5. The number of methoxy groups -OCH3 is 16. The van der Waals surface area contributed by atoms with Crippen molar-refractivity contribution in [3.05, 3.63) is 24.3 Å². The Kier molecular flexibility index (Phi) is 58.1. The first-order valence-corrected chi connectivity index (χ1v) is 44.8. The highest BCUT2D eigenvalue weighted by Gasteiger charge is 2.64. The second-order valence-corrected chi connectivity index (χ2v) is 32.8. The summed E-state index contributed by atoms with van der Waals surface area (Å²) in [5.74, 6) is -8.83. The van der Waals surface area contributed by atoms with Crippen LogP contribution in [0.15, 0.2) is 24.3 Å². The number of rotatable bonds is 70. The summed E-state index contributed by atoms with van der Waals surface area (Å²) >= 11 is 0. The largest absolute Gasteiger partial charge is 0.475 e. The molecule has 1 saturated carbocycles. The number of likely N-dealkylation sites (N-methyl/N-ethyl adjacent to an activating group) is 1. The van der Waals surface area contributed by atoms with Gasteiger partial charge in [0.25, 0.3) is 11.6 Å². The number of allylic oxidation sites excluding steroid dienone is 3. The van der Waals surface area contributed by atoms with Crippen molar-refractivity contribution < 1.29 is 137 Å². The Labute approximate surface area is 712 Å². The fourth-order valence-corrected chi connectivity index (χ4v) is 17.4. The lowest BCUT2D eigenvalue weighted by Crippen LogP contribution is -2.72. The van der Waals surface area contributed by atoms with Crippen molar-refractivity contribution in [3.63, 3.8) is 0 Å². The Balaban J connectivity index is 2.03. The molecule has 0 aromatic rings. The minimum absolute atomic E-state index is 0.0318. The molecule has 3 fully saturated rings. The molecule has 21 atom stereocenters. The van der Waals surface area contributed by atoms with Gasteiger partial charge in [0.1, 0.15) is 86.5 Å². The number of phosphoric acid groups is 1. The zero-order valence-corrected chi connectivity index (χ0v) is 77.0. The molecule has 2 heterocycles. The van der Waals surface area contributed by atoms with E-state index in [4.69, 9.17) is 108 Å². The molecule has 0 aromatic carbocycles. The van der Waals surface area contributed by atoms with E-state index in [1.54, 1.807) is 0 Å². The van der Waals surface area contributed by atoms with Crippen molar-refractivity contribution in [3.8, 4) is 0 Å². The molecule has 3 amide bonds. The van der Waals surface area contributed by atoms with Crippen molar-refractivity contribution in [1.29, 1.82) is 0 Å². The van der Waals surface area contributed by atoms with E-state index in [1.165, 1.54) is 240 Å². The van der Waals surface area contributed by atoms with E-state index in [1.807, 2.05) is 12.2 Å². The number of hydrogen-bond donors (Lipinski definition) is 2. The quantitative estimate of drug-likeness (QED) is 0.0247. The van der Waals surface area contributed by atoms with E-state index in [9.17, 15) is 19.2 Å². The molecule has 0 radical (unpaired) electrons. The van der Waals surface area contributed by atoms with E-state index >= 15 is 9.36 Å². The van der Waals surface area contributed by atoms with Crippen LogP contribution in [0.4, 0.5) is 0 Å². The Hall–Kier alpha value is -3.78. The molecule has 32 nitrogen and oxygen atoms in total. The van der Waals surface area contributed by atoms with E-state index in [0.717, 1.165) is 72.7 Å². The summed E-state index contributed by atoms with van der Waals surface area (Å²) in [5.41, 5.74) is 0. The molecule has 119 heavy (non-hydrogen) atoms. The number of amides is 3. The first-order valence-electron chi connectivity index (χ1n) is 43.3. The number of unbranched alkanes of at least 4 members (excludes halogenated alkanes) is 26. The van der Waals surface area contributed by atoms with Gasteiger partial charge in [-0.1, -0.05) is 179 Å². The molecule has 1 aliphatic carbocycles. The number of carbonyl (C=O) groups is 5. The summed E-state index contributed by atoms with van der Waals surface area (Å²) in [4.78, 5) is 73.5. The summed E-state index contributed by atoms with van der Waals surface area (Å²) in [5, 5.41) is 6.05. The fourth-order valence-electron chi connectivity index (χ4n) is 16.3. The number of phosphoric ester groups is 1. The molecule has 2 N–H and O–H groups in total. The molecule has 0 spiro atoms. The summed E-state index contributed by atoms with van der Waals surface area (Å²) < 4.78 is 155. The van der Waals surface area contributed by atoms with Crippen LogP contribution in [0.25, 0.3) is 0 Å². The van der Waals surface area contributed by atoms with Gasteiger partial charge in [-0.15, -0.1) is 0 Å². The zero-order chi connectivity index (χ0) is 88.0. The van der Waals surface area contributed by atoms with Crippen LogP contribution in [0.5, 0.6) is 0 Å². The lowest BCUT2D eigenvalue weighted by molar-refractivity contribution is -0.357. The molecule has 2 aliphatic heterocycles. The van der Waals surface area contributed by atoms with E-state index in [2.05, 4.69) is 36.6 Å². The van der Waals surface area contributed by atoms with Crippen LogP contribution in [0.2, 0.25) is 0 Å². The average molecular weight is 1730 g/mol. The minimum atomic E-state index is -4.81. The van der Waals surface area contributed by atoms with Crippen molar-refractivity contribution in [2.75, 3.05) is 161 Å². The first kappa shape index (κ1) is 109. The van der Waals surface area contributed by atoms with E-state index in [-0.39, 0.29) is 32.1 Å². The van der Waals surface area contributed by atoms with Gasteiger partial charge in [-0.2, -0.15) is 0 Å². The van der Waals surface area contributed by atoms with Crippen LogP contribution < -0.4 is 10.6 Å². The predicted molar refractivity (Wildman–Crippen MR) is 448 cm³/mol. The predicted octanol–water partition coefficient (Wildman–Crippen LogP) is 11.6. The Bertz CT molecular complexity index is 2800. The van der Waals surface area contributed by atoms with Gasteiger partial charge < -0.3 is 110 Å². The number of esters is 2. The maximum atomic E-state index is 15.5. The van der Waals surface area contributed by atoms with Gasteiger partial charge >= 0.3 is 19.8 Å². The number of hydrogen-bond acceptors (Lipinski definition) is 29. The van der Waals surface area contributed by atoms with Crippen LogP contribution >= 0.6 is 7.82 Å². The molecule has 33 heteroatoms. The van der Waals surface area contributed by atoms with Crippen molar-refractivity contribution >= 4 is 37.5 Å². The molecule has 0 bridgehead atoms. The normalized spacial score (nSPS) is 26.2. The van der Waals surface area contributed by atoms with Crippen LogP contribution in [0, 0.1) is 0 Å². The number of ether oxygens (including phenoxy) is 20. The van der Waals surface area contributed by atoms with Gasteiger partial charge in [0.15, 0.2) is 0 Å². The van der Waals surface area contributed by atoms with Crippen molar-refractivity contribution in [1.82, 2.24) is 15.5 Å². The number of nitrogens with one attached hydrogen (secondary N) is 2. The van der Waals surface area contributed by atoms with Gasteiger partial charge in [-0.25, -0.2) is 14.2 Å². The molecule has 3 rings (SSSR count). The van der Waals surface area contributed by atoms with Gasteiger partial charge in [-0.3, -0.25) is 28.0 Å².